The van der Waals surface area contributed by atoms with Crippen LogP contribution in [0.4, 0.5) is 0 Å². The van der Waals surface area contributed by atoms with Gasteiger partial charge in [0.05, 0.1) is 15.9 Å². The Morgan fingerprint density at radius 2 is 1.27 bits per heavy atom. The van der Waals surface area contributed by atoms with Crippen molar-refractivity contribution in [3.63, 3.8) is 0 Å². The van der Waals surface area contributed by atoms with Crippen LogP contribution in [0.25, 0.3) is 76.0 Å². The third-order valence-corrected chi connectivity index (χ3v) is 19.6. The molecule has 0 amide bonds. The van der Waals surface area contributed by atoms with Crippen LogP contribution in [-0.4, -0.2) is 18.0 Å². The Bertz CT molecular complexity index is 2920. The van der Waals surface area contributed by atoms with E-state index in [0.717, 1.165) is 45.9 Å². The summed E-state index contributed by atoms with van der Waals surface area (Å²) in [6.45, 7) is 5.27. The van der Waals surface area contributed by atoms with Crippen molar-refractivity contribution in [1.82, 2.24) is 9.97 Å². The Morgan fingerprint density at radius 3 is 2.07 bits per heavy atom. The Hall–Kier alpha value is -4.90. The Labute approximate surface area is 327 Å². The molecule has 4 fully saturated rings. The second kappa shape index (κ2) is 10.9. The van der Waals surface area contributed by atoms with Gasteiger partial charge in [0, 0.05) is 27.1 Å². The first-order valence-electron chi connectivity index (χ1n) is 20.5. The average molecular weight is 743 g/mol. The number of hydrogen-bond acceptors (Lipinski definition) is 3. The smallest absolute Gasteiger partial charge is 0.160 e. The molecule has 8 aromatic rings. The molecule has 1 atom stereocenters. The molecular formula is C51H42N2SSi. The normalized spacial score (nSPS) is 25.1. The molecule has 266 valence electrons. The number of thiophene rings is 1. The predicted molar refractivity (Wildman–Crippen MR) is 233 cm³/mol. The van der Waals surface area contributed by atoms with Crippen molar-refractivity contribution in [2.75, 3.05) is 0 Å². The fraction of sp³-hybridized carbons (Fsp3) is 0.255. The largest absolute Gasteiger partial charge is 0.226 e. The number of nitrogens with zero attached hydrogens (tertiary/aromatic N) is 2. The van der Waals surface area contributed by atoms with Gasteiger partial charge < -0.3 is 0 Å². The third kappa shape index (κ3) is 4.20. The van der Waals surface area contributed by atoms with E-state index >= 15 is 0 Å². The maximum atomic E-state index is 5.47. The van der Waals surface area contributed by atoms with E-state index < -0.39 is 8.07 Å². The quantitative estimate of drug-likeness (QED) is 0.168. The summed E-state index contributed by atoms with van der Waals surface area (Å²) in [6.07, 6.45) is 8.54. The molecule has 55 heavy (non-hydrogen) atoms. The second-order valence-electron chi connectivity index (χ2n) is 18.3. The predicted octanol–water partition coefficient (Wildman–Crippen LogP) is 12.5. The number of benzene rings is 6. The van der Waals surface area contributed by atoms with Crippen LogP contribution in [0.5, 0.6) is 0 Å². The zero-order chi connectivity index (χ0) is 36.2. The van der Waals surface area contributed by atoms with Crippen molar-refractivity contribution in [1.29, 1.82) is 0 Å². The van der Waals surface area contributed by atoms with Crippen molar-refractivity contribution in [2.24, 2.45) is 23.2 Å². The van der Waals surface area contributed by atoms with Gasteiger partial charge >= 0.3 is 0 Å². The topological polar surface area (TPSA) is 25.8 Å². The SMILES string of the molecule is C[Si]1(C)c2c(ccc3c2-c2ccc(-c4nc(-c5ccccc5)c5sc6ccccc6c5n4)cc2C3C23CC4CC(CC(C4)C2)C3)-c2ccc3ccccc3c21. The second-order valence-corrected chi connectivity index (χ2v) is 23.6. The Kier molecular flexibility index (Phi) is 6.20. The van der Waals surface area contributed by atoms with Gasteiger partial charge in [-0.25, -0.2) is 9.97 Å². The molecule has 0 N–H and O–H groups in total. The zero-order valence-corrected chi connectivity index (χ0v) is 33.2. The lowest BCUT2D eigenvalue weighted by atomic mass is 9.45. The molecule has 6 aromatic carbocycles. The summed E-state index contributed by atoms with van der Waals surface area (Å²) < 4.78 is 2.44. The summed E-state index contributed by atoms with van der Waals surface area (Å²) in [7, 11) is -2.08. The third-order valence-electron chi connectivity index (χ3n) is 14.9. The minimum atomic E-state index is -2.08. The van der Waals surface area contributed by atoms with E-state index in [2.05, 4.69) is 134 Å². The van der Waals surface area contributed by atoms with Gasteiger partial charge in [-0.2, -0.15) is 0 Å². The average Bonchev–Trinajstić information content (AvgIpc) is 3.82. The van der Waals surface area contributed by atoms with E-state index in [9.17, 15) is 0 Å². The van der Waals surface area contributed by atoms with Crippen molar-refractivity contribution in [2.45, 2.75) is 57.5 Å². The zero-order valence-electron chi connectivity index (χ0n) is 31.4. The molecule has 4 heteroatoms. The summed E-state index contributed by atoms with van der Waals surface area (Å²) in [5, 5.41) is 7.34. The lowest BCUT2D eigenvalue weighted by Gasteiger charge is -2.59. The van der Waals surface area contributed by atoms with Gasteiger partial charge in [-0.05, 0) is 128 Å². The number of fused-ring (bicyclic) bond motifs is 12. The number of rotatable bonds is 3. The van der Waals surface area contributed by atoms with Crippen molar-refractivity contribution >= 4 is 60.9 Å². The van der Waals surface area contributed by atoms with Crippen LogP contribution in [0.15, 0.2) is 121 Å². The summed E-state index contributed by atoms with van der Waals surface area (Å²) in [5.41, 5.74) is 13.9. The Morgan fingerprint density at radius 1 is 0.600 bits per heavy atom. The first-order valence-corrected chi connectivity index (χ1v) is 24.3. The van der Waals surface area contributed by atoms with Crippen molar-refractivity contribution < 1.29 is 0 Å². The van der Waals surface area contributed by atoms with E-state index in [-0.39, 0.29) is 0 Å². The van der Waals surface area contributed by atoms with Gasteiger partial charge in [-0.15, -0.1) is 11.3 Å². The van der Waals surface area contributed by atoms with Crippen LogP contribution in [-0.2, 0) is 0 Å². The number of hydrogen-bond donors (Lipinski definition) is 0. The molecule has 2 nitrogen and oxygen atoms in total. The van der Waals surface area contributed by atoms with E-state index in [1.165, 1.54) is 80.8 Å². The summed E-state index contributed by atoms with van der Waals surface area (Å²) >= 11 is 1.82. The standard InChI is InChI=1S/C51H42N2SSi/c1-55(2)48-35-13-7-6-10-32(35)16-19-37(48)38-20-21-40-43(49(38)55)36-18-17-34(25-41(36)44(40)51-26-29-22-30(27-51)24-31(23-29)28-51)50-52-45(33-11-4-3-5-12-33)47-46(53-50)39-14-8-9-15-42(39)54-47/h3-21,25,29-31,44H,22-24,26-28H2,1-2H3. The molecule has 0 radical (unpaired) electrons. The molecule has 4 saturated carbocycles. The highest BCUT2D eigenvalue weighted by Gasteiger charge is 2.57. The fourth-order valence-corrected chi connectivity index (χ4v) is 18.3. The maximum absolute atomic E-state index is 5.47. The van der Waals surface area contributed by atoms with E-state index in [1.807, 2.05) is 11.3 Å². The molecule has 1 aliphatic heterocycles. The highest BCUT2D eigenvalue weighted by Crippen LogP contribution is 2.68. The first kappa shape index (κ1) is 31.3. The van der Waals surface area contributed by atoms with Gasteiger partial charge in [0.1, 0.15) is 8.07 Å². The molecule has 5 aliphatic carbocycles. The molecular weight excluding hydrogens is 701 g/mol. The molecule has 0 spiro atoms. The molecule has 0 saturated heterocycles. The monoisotopic (exact) mass is 742 g/mol. The van der Waals surface area contributed by atoms with Crippen LogP contribution in [0.3, 0.4) is 0 Å². The van der Waals surface area contributed by atoms with Gasteiger partial charge in [-0.3, -0.25) is 0 Å². The van der Waals surface area contributed by atoms with Gasteiger partial charge in [-0.1, -0.05) is 122 Å². The van der Waals surface area contributed by atoms with Crippen LogP contribution >= 0.6 is 11.3 Å². The molecule has 1 unspecified atom stereocenters. The van der Waals surface area contributed by atoms with E-state index in [4.69, 9.17) is 9.97 Å². The van der Waals surface area contributed by atoms with E-state index in [1.54, 1.807) is 27.1 Å². The first-order chi connectivity index (χ1) is 26.9. The summed E-state index contributed by atoms with van der Waals surface area (Å²) in [5.74, 6) is 3.94. The van der Waals surface area contributed by atoms with E-state index in [0.29, 0.717) is 11.3 Å². The van der Waals surface area contributed by atoms with Crippen LogP contribution in [0, 0.1) is 23.2 Å². The lowest BCUT2D eigenvalue weighted by Crippen LogP contribution is -2.51. The minimum absolute atomic E-state index is 0.328. The molecule has 2 aromatic heterocycles. The van der Waals surface area contributed by atoms with Crippen LogP contribution in [0.2, 0.25) is 13.1 Å². The highest BCUT2D eigenvalue weighted by atomic mass is 32.1. The molecule has 4 bridgehead atoms. The summed E-state index contributed by atoms with van der Waals surface area (Å²) in [4.78, 5) is 10.9. The molecule has 3 heterocycles. The fourth-order valence-electron chi connectivity index (χ4n) is 13.4. The molecule has 6 aliphatic rings. The van der Waals surface area contributed by atoms with Gasteiger partial charge in [0.25, 0.3) is 0 Å². The number of aromatic nitrogens is 2. The van der Waals surface area contributed by atoms with Crippen LogP contribution in [0.1, 0.15) is 55.6 Å². The highest BCUT2D eigenvalue weighted by molar-refractivity contribution is 7.26. The lowest BCUT2D eigenvalue weighted by molar-refractivity contribution is -0.0612. The minimum Gasteiger partial charge on any atom is -0.226 e. The summed E-state index contributed by atoms with van der Waals surface area (Å²) in [6, 6.07) is 46.0. The Balaban J connectivity index is 1.06. The van der Waals surface area contributed by atoms with Crippen molar-refractivity contribution in [3.05, 3.63) is 132 Å². The van der Waals surface area contributed by atoms with Crippen molar-refractivity contribution in [3.8, 4) is 44.9 Å². The van der Waals surface area contributed by atoms with Crippen LogP contribution < -0.4 is 10.4 Å². The maximum Gasteiger partial charge on any atom is 0.160 e. The van der Waals surface area contributed by atoms with Gasteiger partial charge in [0.2, 0.25) is 0 Å². The molecule has 14 rings (SSSR count). The van der Waals surface area contributed by atoms with Gasteiger partial charge in [0.15, 0.2) is 5.82 Å².